The molecule has 0 radical (unpaired) electrons. The van der Waals surface area contributed by atoms with Crippen molar-refractivity contribution in [3.8, 4) is 5.88 Å². The van der Waals surface area contributed by atoms with Crippen LogP contribution in [0.1, 0.15) is 76.0 Å². The van der Waals surface area contributed by atoms with Crippen molar-refractivity contribution in [3.05, 3.63) is 59.5 Å². The van der Waals surface area contributed by atoms with Crippen molar-refractivity contribution in [2.45, 2.75) is 95.0 Å². The summed E-state index contributed by atoms with van der Waals surface area (Å²) in [4.78, 5) is 17.7. The molecule has 37 heavy (non-hydrogen) atoms. The number of carbonyl (C=O) groups excluding carboxylic acids is 1. The molecule has 5 rings (SSSR count). The van der Waals surface area contributed by atoms with E-state index in [1.54, 1.807) is 24.4 Å². The molecule has 1 aliphatic heterocycles. The lowest BCUT2D eigenvalue weighted by molar-refractivity contribution is -0.128. The third kappa shape index (κ3) is 6.13. The topological polar surface area (TPSA) is 95.5 Å². The summed E-state index contributed by atoms with van der Waals surface area (Å²) in [7, 11) is 0. The Hall–Kier alpha value is -2.55. The number of pyridine rings is 1. The Labute approximate surface area is 218 Å². The maximum absolute atomic E-state index is 14.2. The van der Waals surface area contributed by atoms with E-state index in [1.807, 2.05) is 26.0 Å². The van der Waals surface area contributed by atoms with Crippen LogP contribution < -0.4 is 20.9 Å². The number of aromatic nitrogens is 1. The lowest BCUT2D eigenvalue weighted by Gasteiger charge is -2.39. The molecule has 200 valence electrons. The number of fused-ring (bicyclic) bond motifs is 1. The van der Waals surface area contributed by atoms with Gasteiger partial charge in [-0.15, -0.1) is 0 Å². The summed E-state index contributed by atoms with van der Waals surface area (Å²) in [6, 6.07) is 10.9. The molecular weight excluding hydrogens is 471 g/mol. The number of hydrogen-bond donors (Lipinski definition) is 4. The first-order chi connectivity index (χ1) is 17.8. The maximum atomic E-state index is 14.2. The predicted octanol–water partition coefficient (Wildman–Crippen LogP) is 3.97. The quantitative estimate of drug-likeness (QED) is 0.450. The van der Waals surface area contributed by atoms with E-state index >= 15 is 0 Å². The molecular formula is C29H39FN4O3. The molecule has 1 aromatic carbocycles. The minimum atomic E-state index is -1.00. The molecule has 4 N–H and O–H groups in total. The lowest BCUT2D eigenvalue weighted by atomic mass is 9.74. The Morgan fingerprint density at radius 2 is 2.08 bits per heavy atom. The van der Waals surface area contributed by atoms with Crippen LogP contribution in [0.25, 0.3) is 0 Å². The van der Waals surface area contributed by atoms with Gasteiger partial charge in [-0.05, 0) is 88.0 Å². The van der Waals surface area contributed by atoms with E-state index in [0.29, 0.717) is 30.3 Å². The van der Waals surface area contributed by atoms with Crippen LogP contribution in [0.3, 0.4) is 0 Å². The molecule has 4 unspecified atom stereocenters. The fourth-order valence-electron chi connectivity index (χ4n) is 6.49. The van der Waals surface area contributed by atoms with Gasteiger partial charge in [-0.3, -0.25) is 10.2 Å². The summed E-state index contributed by atoms with van der Waals surface area (Å²) in [5, 5.41) is 14.5. The van der Waals surface area contributed by atoms with E-state index in [2.05, 4.69) is 21.2 Å². The minimum absolute atomic E-state index is 0.0528. The molecule has 7 nitrogen and oxygen atoms in total. The number of nitrogens with one attached hydrogen (secondary N) is 3. The van der Waals surface area contributed by atoms with E-state index in [-0.39, 0.29) is 48.2 Å². The molecule has 0 spiro atoms. The summed E-state index contributed by atoms with van der Waals surface area (Å²) >= 11 is 0. The highest BCUT2D eigenvalue weighted by Gasteiger charge is 2.43. The summed E-state index contributed by atoms with van der Waals surface area (Å²) < 4.78 is 20.0. The number of amides is 1. The second-order valence-corrected chi connectivity index (χ2v) is 11.4. The van der Waals surface area contributed by atoms with E-state index in [1.165, 1.54) is 6.07 Å². The maximum Gasteiger partial charge on any atom is 0.223 e. The van der Waals surface area contributed by atoms with E-state index in [4.69, 9.17) is 4.74 Å². The van der Waals surface area contributed by atoms with Gasteiger partial charge < -0.3 is 15.2 Å². The zero-order valence-electron chi connectivity index (χ0n) is 21.8. The normalized spacial score (nSPS) is 31.6. The third-order valence-electron chi connectivity index (χ3n) is 8.24. The molecule has 1 aromatic heterocycles. The number of benzene rings is 1. The van der Waals surface area contributed by atoms with Crippen LogP contribution in [0, 0.1) is 17.7 Å². The standard InChI is InChI=1S/C29H39FN4O3/c1-18(2)37-26-15-19(11-13-31-26)27-23-14-20(9-10-25(23)33-34-27)28(35)32-22-7-5-12-29(36,17-22)16-21-6-3-4-8-24(21)30/h3-4,6,8,11,13,15,18,20,22-23,25,27,33-34,36H,5,7,9-10,12,14,16-17H2,1-2H3,(H,32,35)/t20?,22-,23?,25?,27?,29+/m1/s1. The molecule has 0 bridgehead atoms. The number of nitrogens with zero attached hydrogens (tertiary/aromatic N) is 1. The Kier molecular flexibility index (Phi) is 7.79. The van der Waals surface area contributed by atoms with Crippen LogP contribution in [0.15, 0.2) is 42.6 Å². The first-order valence-corrected chi connectivity index (χ1v) is 13.7. The van der Waals surface area contributed by atoms with Gasteiger partial charge in [-0.2, -0.15) is 0 Å². The van der Waals surface area contributed by atoms with Crippen LogP contribution in [0.2, 0.25) is 0 Å². The fourth-order valence-corrected chi connectivity index (χ4v) is 6.49. The van der Waals surface area contributed by atoms with Crippen LogP contribution in [0.4, 0.5) is 4.39 Å². The number of rotatable bonds is 7. The number of aliphatic hydroxyl groups is 1. The van der Waals surface area contributed by atoms with E-state index < -0.39 is 5.60 Å². The van der Waals surface area contributed by atoms with Crippen molar-refractivity contribution < 1.29 is 19.0 Å². The van der Waals surface area contributed by atoms with Crippen molar-refractivity contribution in [1.29, 1.82) is 0 Å². The highest BCUT2D eigenvalue weighted by Crippen LogP contribution is 2.41. The van der Waals surface area contributed by atoms with Gasteiger partial charge in [0.05, 0.1) is 17.7 Å². The first-order valence-electron chi connectivity index (χ1n) is 13.7. The van der Waals surface area contributed by atoms with Gasteiger partial charge in [0.1, 0.15) is 5.82 Å². The molecule has 8 heteroatoms. The van der Waals surface area contributed by atoms with E-state index in [9.17, 15) is 14.3 Å². The molecule has 2 saturated carbocycles. The highest BCUT2D eigenvalue weighted by molar-refractivity contribution is 5.79. The summed E-state index contributed by atoms with van der Waals surface area (Å²) in [6.45, 7) is 3.97. The molecule has 2 heterocycles. The third-order valence-corrected chi connectivity index (χ3v) is 8.24. The first kappa shape index (κ1) is 26.1. The molecule has 1 saturated heterocycles. The number of carbonyl (C=O) groups is 1. The van der Waals surface area contributed by atoms with Crippen LogP contribution in [0.5, 0.6) is 5.88 Å². The Balaban J connectivity index is 1.20. The highest BCUT2D eigenvalue weighted by atomic mass is 19.1. The van der Waals surface area contributed by atoms with Crippen LogP contribution in [-0.4, -0.2) is 39.8 Å². The average Bonchev–Trinajstić information content (AvgIpc) is 3.28. The largest absolute Gasteiger partial charge is 0.475 e. The fraction of sp³-hybridized carbons (Fsp3) is 0.586. The van der Waals surface area contributed by atoms with Crippen molar-refractivity contribution >= 4 is 5.91 Å². The second kappa shape index (κ2) is 11.1. The average molecular weight is 511 g/mol. The molecule has 2 aliphatic carbocycles. The van der Waals surface area contributed by atoms with E-state index in [0.717, 1.165) is 37.7 Å². The molecule has 3 aliphatic rings. The van der Waals surface area contributed by atoms with Gasteiger partial charge in [0, 0.05) is 36.7 Å². The summed E-state index contributed by atoms with van der Waals surface area (Å²) in [5.74, 6) is 0.610. The zero-order chi connectivity index (χ0) is 26.0. The van der Waals surface area contributed by atoms with Crippen molar-refractivity contribution in [2.24, 2.45) is 11.8 Å². The Morgan fingerprint density at radius 1 is 1.24 bits per heavy atom. The van der Waals surface area contributed by atoms with Gasteiger partial charge in [0.25, 0.3) is 0 Å². The summed E-state index contributed by atoms with van der Waals surface area (Å²) in [5.41, 5.74) is 7.52. The lowest BCUT2D eigenvalue weighted by Crippen LogP contribution is -2.49. The van der Waals surface area contributed by atoms with Gasteiger partial charge in [0.15, 0.2) is 0 Å². The van der Waals surface area contributed by atoms with Gasteiger partial charge in [-0.1, -0.05) is 18.2 Å². The zero-order valence-corrected chi connectivity index (χ0v) is 21.8. The number of halogens is 1. The van der Waals surface area contributed by atoms with Crippen LogP contribution in [-0.2, 0) is 11.2 Å². The SMILES string of the molecule is CC(C)Oc1cc(C2NNC3CCC(C(=O)N[C@@H]4CCC[C@](O)(Cc5ccccc5F)C4)CC32)ccn1. The van der Waals surface area contributed by atoms with Gasteiger partial charge in [-0.25, -0.2) is 14.8 Å². The minimum Gasteiger partial charge on any atom is -0.475 e. The second-order valence-electron chi connectivity index (χ2n) is 11.4. The van der Waals surface area contributed by atoms with Crippen molar-refractivity contribution in [2.75, 3.05) is 0 Å². The van der Waals surface area contributed by atoms with Crippen LogP contribution >= 0.6 is 0 Å². The molecule has 3 fully saturated rings. The Bertz CT molecular complexity index is 1100. The predicted molar refractivity (Wildman–Crippen MR) is 139 cm³/mol. The van der Waals surface area contributed by atoms with Crippen molar-refractivity contribution in [1.82, 2.24) is 21.2 Å². The smallest absolute Gasteiger partial charge is 0.223 e. The number of hydrazine groups is 1. The number of hydrogen-bond acceptors (Lipinski definition) is 6. The monoisotopic (exact) mass is 510 g/mol. The molecule has 1 amide bonds. The van der Waals surface area contributed by atoms with Gasteiger partial charge in [0.2, 0.25) is 11.8 Å². The molecule has 2 aromatic rings. The molecule has 6 atom stereocenters. The summed E-state index contributed by atoms with van der Waals surface area (Å²) in [6.07, 6.45) is 7.37. The Morgan fingerprint density at radius 3 is 2.89 bits per heavy atom. The van der Waals surface area contributed by atoms with Gasteiger partial charge >= 0.3 is 0 Å². The number of ether oxygens (including phenoxy) is 1. The van der Waals surface area contributed by atoms with Crippen molar-refractivity contribution in [3.63, 3.8) is 0 Å².